The third-order valence-corrected chi connectivity index (χ3v) is 3.41. The minimum Gasteiger partial charge on any atom is -0.383 e. The highest BCUT2D eigenvalue weighted by molar-refractivity contribution is 4.88. The van der Waals surface area contributed by atoms with Gasteiger partial charge in [0.15, 0.2) is 0 Å². The Morgan fingerprint density at radius 2 is 2.15 bits per heavy atom. The zero-order chi connectivity index (χ0) is 9.73. The van der Waals surface area contributed by atoms with Crippen molar-refractivity contribution in [2.45, 2.75) is 45.6 Å². The van der Waals surface area contributed by atoms with Gasteiger partial charge in [-0.05, 0) is 31.6 Å². The van der Waals surface area contributed by atoms with Gasteiger partial charge < -0.3 is 10.1 Å². The van der Waals surface area contributed by atoms with Gasteiger partial charge in [0, 0.05) is 19.7 Å². The lowest BCUT2D eigenvalue weighted by Crippen LogP contribution is -2.43. The molecule has 0 aliphatic heterocycles. The van der Waals surface area contributed by atoms with E-state index in [2.05, 4.69) is 19.2 Å². The molecule has 1 N–H and O–H groups in total. The predicted octanol–water partition coefficient (Wildman–Crippen LogP) is 2.19. The van der Waals surface area contributed by atoms with E-state index in [1.54, 1.807) is 7.11 Å². The molecule has 0 aromatic carbocycles. The Morgan fingerprint density at radius 3 is 2.54 bits per heavy atom. The number of nitrogens with one attached hydrogen (secondary N) is 1. The number of rotatable bonds is 6. The molecule has 0 amide bonds. The van der Waals surface area contributed by atoms with Crippen LogP contribution in [-0.4, -0.2) is 26.3 Å². The van der Waals surface area contributed by atoms with Gasteiger partial charge in [-0.25, -0.2) is 0 Å². The molecule has 0 bridgehead atoms. The van der Waals surface area contributed by atoms with E-state index in [1.165, 1.54) is 32.2 Å². The van der Waals surface area contributed by atoms with E-state index in [4.69, 9.17) is 4.74 Å². The van der Waals surface area contributed by atoms with Crippen LogP contribution >= 0.6 is 0 Å². The standard InChI is InChI=1S/C11H23NO/c1-4-11(6-5-7-11)9-12-10(2)8-13-3/h10,12H,4-9H2,1-3H3. The van der Waals surface area contributed by atoms with Crippen LogP contribution < -0.4 is 5.32 Å². The second-order valence-electron chi connectivity index (χ2n) is 4.44. The molecule has 0 saturated heterocycles. The van der Waals surface area contributed by atoms with Crippen molar-refractivity contribution in [3.05, 3.63) is 0 Å². The molecular formula is C11H23NO. The molecule has 1 unspecified atom stereocenters. The number of ether oxygens (including phenoxy) is 1. The summed E-state index contributed by atoms with van der Waals surface area (Å²) in [6.45, 7) is 6.49. The molecule has 2 nitrogen and oxygen atoms in total. The highest BCUT2D eigenvalue weighted by atomic mass is 16.5. The number of methoxy groups -OCH3 is 1. The Kier molecular flexibility index (Phi) is 4.20. The fraction of sp³-hybridized carbons (Fsp3) is 1.00. The van der Waals surface area contributed by atoms with Crippen LogP contribution in [0.15, 0.2) is 0 Å². The summed E-state index contributed by atoms with van der Waals surface area (Å²) >= 11 is 0. The van der Waals surface area contributed by atoms with Crippen LogP contribution in [0.4, 0.5) is 0 Å². The smallest absolute Gasteiger partial charge is 0.0613 e. The molecular weight excluding hydrogens is 162 g/mol. The van der Waals surface area contributed by atoms with E-state index in [0.717, 1.165) is 6.61 Å². The van der Waals surface area contributed by atoms with Gasteiger partial charge in [0.2, 0.25) is 0 Å². The lowest BCUT2D eigenvalue weighted by atomic mass is 9.67. The summed E-state index contributed by atoms with van der Waals surface area (Å²) in [5, 5.41) is 3.55. The Hall–Kier alpha value is -0.0800. The molecule has 1 saturated carbocycles. The van der Waals surface area contributed by atoms with Crippen molar-refractivity contribution in [2.24, 2.45) is 5.41 Å². The predicted molar refractivity (Wildman–Crippen MR) is 55.9 cm³/mol. The molecule has 1 fully saturated rings. The fourth-order valence-electron chi connectivity index (χ4n) is 2.03. The maximum Gasteiger partial charge on any atom is 0.0613 e. The second kappa shape index (κ2) is 4.97. The van der Waals surface area contributed by atoms with Crippen molar-refractivity contribution < 1.29 is 4.74 Å². The molecule has 0 radical (unpaired) electrons. The summed E-state index contributed by atoms with van der Waals surface area (Å²) in [6, 6.07) is 0.494. The average molecular weight is 185 g/mol. The molecule has 2 heteroatoms. The number of hydrogen-bond acceptors (Lipinski definition) is 2. The highest BCUT2D eigenvalue weighted by Crippen LogP contribution is 2.43. The van der Waals surface area contributed by atoms with E-state index in [9.17, 15) is 0 Å². The molecule has 1 atom stereocenters. The Labute approximate surface area is 82.0 Å². The van der Waals surface area contributed by atoms with Crippen LogP contribution in [0.2, 0.25) is 0 Å². The Balaban J connectivity index is 2.16. The van der Waals surface area contributed by atoms with Gasteiger partial charge in [-0.2, -0.15) is 0 Å². The van der Waals surface area contributed by atoms with Crippen LogP contribution in [0.25, 0.3) is 0 Å². The minimum absolute atomic E-state index is 0.494. The SMILES string of the molecule is CCC1(CNC(C)COC)CCC1. The molecule has 0 aromatic heterocycles. The molecule has 13 heavy (non-hydrogen) atoms. The normalized spacial score (nSPS) is 22.4. The van der Waals surface area contributed by atoms with Crippen LogP contribution in [0.1, 0.15) is 39.5 Å². The van der Waals surface area contributed by atoms with Crippen LogP contribution in [0.5, 0.6) is 0 Å². The second-order valence-corrected chi connectivity index (χ2v) is 4.44. The Bertz CT molecular complexity index is 138. The van der Waals surface area contributed by atoms with E-state index in [-0.39, 0.29) is 0 Å². The summed E-state index contributed by atoms with van der Waals surface area (Å²) in [4.78, 5) is 0. The summed E-state index contributed by atoms with van der Waals surface area (Å²) in [5.41, 5.74) is 0.627. The summed E-state index contributed by atoms with van der Waals surface area (Å²) in [5.74, 6) is 0. The van der Waals surface area contributed by atoms with E-state index < -0.39 is 0 Å². The van der Waals surface area contributed by atoms with Crippen LogP contribution in [-0.2, 0) is 4.74 Å². The van der Waals surface area contributed by atoms with E-state index in [1.807, 2.05) is 0 Å². The zero-order valence-electron chi connectivity index (χ0n) is 9.23. The van der Waals surface area contributed by atoms with Gasteiger partial charge in [-0.15, -0.1) is 0 Å². The van der Waals surface area contributed by atoms with Gasteiger partial charge >= 0.3 is 0 Å². The third kappa shape index (κ3) is 2.96. The summed E-state index contributed by atoms with van der Waals surface area (Å²) in [7, 11) is 1.76. The Morgan fingerprint density at radius 1 is 1.46 bits per heavy atom. The van der Waals surface area contributed by atoms with Gasteiger partial charge in [-0.1, -0.05) is 13.3 Å². The van der Waals surface area contributed by atoms with Crippen molar-refractivity contribution in [1.82, 2.24) is 5.32 Å². The monoisotopic (exact) mass is 185 g/mol. The quantitative estimate of drug-likeness (QED) is 0.685. The zero-order valence-corrected chi connectivity index (χ0v) is 9.23. The van der Waals surface area contributed by atoms with E-state index >= 15 is 0 Å². The van der Waals surface area contributed by atoms with Gasteiger partial charge in [0.1, 0.15) is 0 Å². The molecule has 0 heterocycles. The lowest BCUT2D eigenvalue weighted by molar-refractivity contribution is 0.106. The molecule has 1 aliphatic rings. The van der Waals surface area contributed by atoms with Crippen molar-refractivity contribution in [2.75, 3.05) is 20.3 Å². The first-order valence-corrected chi connectivity index (χ1v) is 5.45. The third-order valence-electron chi connectivity index (χ3n) is 3.41. The average Bonchev–Trinajstić information content (AvgIpc) is 2.04. The van der Waals surface area contributed by atoms with Crippen molar-refractivity contribution in [3.8, 4) is 0 Å². The molecule has 78 valence electrons. The largest absolute Gasteiger partial charge is 0.383 e. The molecule has 0 aromatic rings. The summed E-state index contributed by atoms with van der Waals surface area (Å²) < 4.78 is 5.09. The van der Waals surface area contributed by atoms with Gasteiger partial charge in [0.25, 0.3) is 0 Å². The van der Waals surface area contributed by atoms with Crippen molar-refractivity contribution in [3.63, 3.8) is 0 Å². The van der Waals surface area contributed by atoms with Crippen LogP contribution in [0.3, 0.4) is 0 Å². The summed E-state index contributed by atoms with van der Waals surface area (Å²) in [6.07, 6.45) is 5.57. The number of hydrogen-bond donors (Lipinski definition) is 1. The maximum absolute atomic E-state index is 5.09. The fourth-order valence-corrected chi connectivity index (χ4v) is 2.03. The van der Waals surface area contributed by atoms with Crippen molar-refractivity contribution >= 4 is 0 Å². The van der Waals surface area contributed by atoms with Crippen LogP contribution in [0, 0.1) is 5.41 Å². The van der Waals surface area contributed by atoms with Gasteiger partial charge in [-0.3, -0.25) is 0 Å². The maximum atomic E-state index is 5.09. The van der Waals surface area contributed by atoms with Gasteiger partial charge in [0.05, 0.1) is 6.61 Å². The lowest BCUT2D eigenvalue weighted by Gasteiger charge is -2.42. The highest BCUT2D eigenvalue weighted by Gasteiger charge is 2.34. The first-order chi connectivity index (χ1) is 6.22. The topological polar surface area (TPSA) is 21.3 Å². The minimum atomic E-state index is 0.494. The van der Waals surface area contributed by atoms with Crippen molar-refractivity contribution in [1.29, 1.82) is 0 Å². The molecule has 1 aliphatic carbocycles. The van der Waals surface area contributed by atoms with E-state index in [0.29, 0.717) is 11.5 Å². The first-order valence-electron chi connectivity index (χ1n) is 5.45. The first kappa shape index (κ1) is 11.0. The molecule has 0 spiro atoms. The molecule has 1 rings (SSSR count).